The molecule has 1 saturated heterocycles. The van der Waals surface area contributed by atoms with E-state index >= 15 is 0 Å². The number of amides is 1. The van der Waals surface area contributed by atoms with E-state index in [4.69, 9.17) is 5.11 Å². The molecule has 14 heavy (non-hydrogen) atoms. The monoisotopic (exact) mass is 263 g/mol. The molecular formula is C9H14BrNO3. The second-order valence-corrected chi connectivity index (χ2v) is 4.23. The molecular weight excluding hydrogens is 250 g/mol. The Balaban J connectivity index is 2.67. The van der Waals surface area contributed by atoms with Crippen LogP contribution >= 0.6 is 15.9 Å². The third-order valence-corrected chi connectivity index (χ3v) is 3.45. The summed E-state index contributed by atoms with van der Waals surface area (Å²) in [6.45, 7) is 2.38. The Kier molecular flexibility index (Phi) is 3.92. The predicted molar refractivity (Wildman–Crippen MR) is 55.3 cm³/mol. The molecule has 0 aromatic rings. The molecule has 1 aliphatic rings. The summed E-state index contributed by atoms with van der Waals surface area (Å²) in [5.41, 5.74) is 0. The maximum absolute atomic E-state index is 11.7. The van der Waals surface area contributed by atoms with Crippen LogP contribution in [0.2, 0.25) is 0 Å². The number of halogens is 1. The molecule has 80 valence electrons. The minimum absolute atomic E-state index is 0.0632. The van der Waals surface area contributed by atoms with Crippen LogP contribution in [-0.4, -0.2) is 39.8 Å². The normalized spacial score (nSPS) is 23.6. The van der Waals surface area contributed by atoms with Crippen LogP contribution in [0.5, 0.6) is 0 Å². The minimum atomic E-state index is -0.891. The lowest BCUT2D eigenvalue weighted by molar-refractivity contribution is -0.149. The van der Waals surface area contributed by atoms with Crippen LogP contribution in [0.1, 0.15) is 19.8 Å². The number of likely N-dealkylation sites (tertiary alicyclic amines) is 1. The van der Waals surface area contributed by atoms with Gasteiger partial charge in [0.05, 0.1) is 0 Å². The summed E-state index contributed by atoms with van der Waals surface area (Å²) >= 11 is 3.22. The first kappa shape index (κ1) is 11.5. The molecule has 0 spiro atoms. The molecule has 2 unspecified atom stereocenters. The van der Waals surface area contributed by atoms with Crippen molar-refractivity contribution in [1.29, 1.82) is 0 Å². The highest BCUT2D eigenvalue weighted by molar-refractivity contribution is 9.09. The second-order valence-electron chi connectivity index (χ2n) is 3.58. The molecule has 1 aliphatic heterocycles. The molecule has 0 bridgehead atoms. The van der Waals surface area contributed by atoms with E-state index in [1.165, 1.54) is 4.90 Å². The van der Waals surface area contributed by atoms with Gasteiger partial charge in [-0.15, -0.1) is 0 Å². The minimum Gasteiger partial charge on any atom is -0.480 e. The van der Waals surface area contributed by atoms with Gasteiger partial charge in [-0.1, -0.05) is 22.9 Å². The van der Waals surface area contributed by atoms with Gasteiger partial charge in [-0.05, 0) is 12.8 Å². The zero-order chi connectivity index (χ0) is 10.7. The van der Waals surface area contributed by atoms with Gasteiger partial charge in [-0.2, -0.15) is 0 Å². The lowest BCUT2D eigenvalue weighted by Gasteiger charge is -2.23. The number of hydrogen-bond donors (Lipinski definition) is 1. The van der Waals surface area contributed by atoms with Crippen molar-refractivity contribution in [3.8, 4) is 0 Å². The number of carbonyl (C=O) groups excluding carboxylic acids is 1. The van der Waals surface area contributed by atoms with Crippen molar-refractivity contribution in [2.45, 2.75) is 25.8 Å². The van der Waals surface area contributed by atoms with Crippen molar-refractivity contribution in [3.63, 3.8) is 0 Å². The van der Waals surface area contributed by atoms with Crippen molar-refractivity contribution in [2.24, 2.45) is 5.92 Å². The highest BCUT2D eigenvalue weighted by atomic mass is 79.9. The molecule has 2 atom stereocenters. The lowest BCUT2D eigenvalue weighted by atomic mass is 10.1. The van der Waals surface area contributed by atoms with Crippen LogP contribution in [0.25, 0.3) is 0 Å². The van der Waals surface area contributed by atoms with Crippen LogP contribution < -0.4 is 0 Å². The summed E-state index contributed by atoms with van der Waals surface area (Å²) in [5.74, 6) is -1.10. The van der Waals surface area contributed by atoms with Crippen LogP contribution in [0.3, 0.4) is 0 Å². The zero-order valence-electron chi connectivity index (χ0n) is 8.07. The third-order valence-electron chi connectivity index (χ3n) is 2.47. The van der Waals surface area contributed by atoms with E-state index in [-0.39, 0.29) is 11.8 Å². The van der Waals surface area contributed by atoms with Crippen LogP contribution in [0.15, 0.2) is 0 Å². The summed E-state index contributed by atoms with van der Waals surface area (Å²) in [7, 11) is 0. The number of nitrogens with zero attached hydrogens (tertiary/aromatic N) is 1. The van der Waals surface area contributed by atoms with Gasteiger partial charge in [0, 0.05) is 17.8 Å². The fourth-order valence-electron chi connectivity index (χ4n) is 1.64. The SMILES string of the molecule is CC(CBr)C(=O)N1CCCC1C(=O)O. The molecule has 1 amide bonds. The van der Waals surface area contributed by atoms with E-state index in [1.54, 1.807) is 6.92 Å². The Morgan fingerprint density at radius 2 is 2.29 bits per heavy atom. The Labute approximate surface area is 91.4 Å². The van der Waals surface area contributed by atoms with Gasteiger partial charge in [-0.25, -0.2) is 4.79 Å². The quantitative estimate of drug-likeness (QED) is 0.776. The summed E-state index contributed by atoms with van der Waals surface area (Å²) in [5, 5.41) is 9.46. The van der Waals surface area contributed by atoms with E-state index in [0.717, 1.165) is 6.42 Å². The summed E-state index contributed by atoms with van der Waals surface area (Å²) in [6, 6.07) is -0.607. The van der Waals surface area contributed by atoms with E-state index in [2.05, 4.69) is 15.9 Å². The fraction of sp³-hybridized carbons (Fsp3) is 0.778. The van der Waals surface area contributed by atoms with Crippen molar-refractivity contribution in [3.05, 3.63) is 0 Å². The largest absolute Gasteiger partial charge is 0.480 e. The van der Waals surface area contributed by atoms with Gasteiger partial charge in [0.1, 0.15) is 6.04 Å². The molecule has 1 fully saturated rings. The van der Waals surface area contributed by atoms with Gasteiger partial charge >= 0.3 is 5.97 Å². The Morgan fingerprint density at radius 3 is 2.79 bits per heavy atom. The highest BCUT2D eigenvalue weighted by Crippen LogP contribution is 2.20. The molecule has 4 nitrogen and oxygen atoms in total. The maximum Gasteiger partial charge on any atom is 0.326 e. The average Bonchev–Trinajstić information content (AvgIpc) is 2.63. The predicted octanol–water partition coefficient (Wildman–Crippen LogP) is 1.09. The lowest BCUT2D eigenvalue weighted by Crippen LogP contribution is -2.43. The van der Waals surface area contributed by atoms with Crippen LogP contribution in [-0.2, 0) is 9.59 Å². The molecule has 1 N–H and O–H groups in total. The average molecular weight is 264 g/mol. The molecule has 1 heterocycles. The number of carboxylic acid groups (broad SMARTS) is 1. The van der Waals surface area contributed by atoms with Crippen molar-refractivity contribution in [2.75, 3.05) is 11.9 Å². The van der Waals surface area contributed by atoms with Crippen LogP contribution in [0.4, 0.5) is 0 Å². The van der Waals surface area contributed by atoms with Gasteiger partial charge in [-0.3, -0.25) is 4.79 Å². The van der Waals surface area contributed by atoms with E-state index < -0.39 is 12.0 Å². The molecule has 5 heteroatoms. The van der Waals surface area contributed by atoms with Crippen molar-refractivity contribution >= 4 is 27.8 Å². The summed E-state index contributed by atoms with van der Waals surface area (Å²) in [4.78, 5) is 24.0. The maximum atomic E-state index is 11.7. The number of rotatable bonds is 3. The van der Waals surface area contributed by atoms with Gasteiger partial charge in [0.2, 0.25) is 5.91 Å². The van der Waals surface area contributed by atoms with Gasteiger partial charge in [0.15, 0.2) is 0 Å². The van der Waals surface area contributed by atoms with Crippen molar-refractivity contribution < 1.29 is 14.7 Å². The standard InChI is InChI=1S/C9H14BrNO3/c1-6(5-10)8(12)11-4-2-3-7(11)9(13)14/h6-7H,2-5H2,1H3,(H,13,14). The Bertz CT molecular complexity index is 244. The van der Waals surface area contributed by atoms with Gasteiger partial charge in [0.25, 0.3) is 0 Å². The first-order chi connectivity index (χ1) is 6.57. The molecule has 0 aromatic heterocycles. The number of carboxylic acids is 1. The zero-order valence-corrected chi connectivity index (χ0v) is 9.66. The third kappa shape index (κ3) is 2.26. The second kappa shape index (κ2) is 4.77. The smallest absolute Gasteiger partial charge is 0.326 e. The number of hydrogen-bond acceptors (Lipinski definition) is 2. The number of alkyl halides is 1. The fourth-order valence-corrected chi connectivity index (χ4v) is 1.91. The molecule has 1 rings (SSSR count). The topological polar surface area (TPSA) is 57.6 Å². The molecule has 0 aromatic carbocycles. The van der Waals surface area contributed by atoms with Gasteiger partial charge < -0.3 is 10.0 Å². The summed E-state index contributed by atoms with van der Waals surface area (Å²) < 4.78 is 0. The summed E-state index contributed by atoms with van der Waals surface area (Å²) in [6.07, 6.45) is 1.37. The Morgan fingerprint density at radius 1 is 1.64 bits per heavy atom. The number of carbonyl (C=O) groups is 2. The van der Waals surface area contributed by atoms with E-state index in [9.17, 15) is 9.59 Å². The molecule has 0 aliphatic carbocycles. The first-order valence-electron chi connectivity index (χ1n) is 4.67. The van der Waals surface area contributed by atoms with E-state index in [0.29, 0.717) is 18.3 Å². The number of aliphatic carboxylic acids is 1. The molecule has 0 saturated carbocycles. The highest BCUT2D eigenvalue weighted by Gasteiger charge is 2.35. The van der Waals surface area contributed by atoms with Crippen molar-refractivity contribution in [1.82, 2.24) is 4.90 Å². The first-order valence-corrected chi connectivity index (χ1v) is 5.79. The van der Waals surface area contributed by atoms with Crippen LogP contribution in [0, 0.1) is 5.92 Å². The van der Waals surface area contributed by atoms with E-state index in [1.807, 2.05) is 0 Å². The Hall–Kier alpha value is -0.580. The molecule has 0 radical (unpaired) electrons.